The summed E-state index contributed by atoms with van der Waals surface area (Å²) in [6, 6.07) is 4.68. The molecule has 1 aliphatic carbocycles. The predicted molar refractivity (Wildman–Crippen MR) is 53.7 cm³/mol. The van der Waals surface area contributed by atoms with Crippen LogP contribution in [0.2, 0.25) is 0 Å². The van der Waals surface area contributed by atoms with E-state index in [2.05, 4.69) is 10.3 Å². The van der Waals surface area contributed by atoms with Gasteiger partial charge in [-0.05, 0) is 30.5 Å². The number of nitrogens with one attached hydrogen (secondary N) is 1. The van der Waals surface area contributed by atoms with Gasteiger partial charge < -0.3 is 5.32 Å². The molecule has 0 saturated heterocycles. The third-order valence-electron chi connectivity index (χ3n) is 2.42. The highest BCUT2D eigenvalue weighted by Crippen LogP contribution is 2.25. The van der Waals surface area contributed by atoms with E-state index >= 15 is 0 Å². The zero-order chi connectivity index (χ0) is 9.10. The lowest BCUT2D eigenvalue weighted by Gasteiger charge is -2.31. The van der Waals surface area contributed by atoms with Crippen LogP contribution in [-0.2, 0) is 6.54 Å². The first-order valence-corrected chi connectivity index (χ1v) is 5.04. The summed E-state index contributed by atoms with van der Waals surface area (Å²) in [7, 11) is 0. The van der Waals surface area contributed by atoms with Crippen LogP contribution in [0.1, 0.15) is 18.4 Å². The minimum absolute atomic E-state index is 0.398. The van der Waals surface area contributed by atoms with Crippen LogP contribution in [0, 0.1) is 0 Å². The molecule has 0 atom stereocenters. The van der Waals surface area contributed by atoms with Crippen LogP contribution in [-0.4, -0.2) is 16.4 Å². The molecule has 0 unspecified atom stereocenters. The van der Waals surface area contributed by atoms with E-state index in [1.807, 2.05) is 24.5 Å². The van der Waals surface area contributed by atoms with E-state index in [0.29, 0.717) is 11.4 Å². The molecular formula is C10H13ClN2. The minimum Gasteiger partial charge on any atom is -0.310 e. The summed E-state index contributed by atoms with van der Waals surface area (Å²) in [5.41, 5.74) is 1.29. The van der Waals surface area contributed by atoms with E-state index in [4.69, 9.17) is 11.6 Å². The van der Waals surface area contributed by atoms with Gasteiger partial charge in [0.1, 0.15) is 0 Å². The molecule has 1 fully saturated rings. The molecule has 0 aliphatic heterocycles. The number of rotatable bonds is 3. The summed E-state index contributed by atoms with van der Waals surface area (Å²) in [5.74, 6) is 0. The molecule has 0 radical (unpaired) electrons. The topological polar surface area (TPSA) is 24.9 Å². The van der Waals surface area contributed by atoms with Gasteiger partial charge in [0, 0.05) is 30.4 Å². The zero-order valence-electron chi connectivity index (χ0n) is 7.41. The Bertz CT molecular complexity index is 257. The van der Waals surface area contributed by atoms with E-state index in [9.17, 15) is 0 Å². The van der Waals surface area contributed by atoms with Crippen molar-refractivity contribution in [3.05, 3.63) is 30.1 Å². The van der Waals surface area contributed by atoms with Gasteiger partial charge in [-0.3, -0.25) is 4.98 Å². The van der Waals surface area contributed by atoms with Crippen LogP contribution >= 0.6 is 11.6 Å². The van der Waals surface area contributed by atoms with Crippen molar-refractivity contribution in [2.24, 2.45) is 0 Å². The van der Waals surface area contributed by atoms with E-state index < -0.39 is 0 Å². The standard InChI is InChI=1S/C10H13ClN2/c11-9-5-10(6-9)13-7-8-1-3-12-4-2-8/h1-4,9-10,13H,5-7H2. The first kappa shape index (κ1) is 8.97. The molecule has 0 amide bonds. The SMILES string of the molecule is ClC1CC(NCc2ccncc2)C1. The molecule has 1 heterocycles. The van der Waals surface area contributed by atoms with E-state index in [1.54, 1.807) is 0 Å². The van der Waals surface area contributed by atoms with Crippen LogP contribution in [0.5, 0.6) is 0 Å². The Morgan fingerprint density at radius 1 is 1.38 bits per heavy atom. The summed E-state index contributed by atoms with van der Waals surface area (Å²) in [6.07, 6.45) is 5.85. The number of hydrogen-bond acceptors (Lipinski definition) is 2. The first-order valence-electron chi connectivity index (χ1n) is 4.61. The van der Waals surface area contributed by atoms with Crippen molar-refractivity contribution < 1.29 is 0 Å². The highest BCUT2D eigenvalue weighted by atomic mass is 35.5. The molecule has 1 aromatic rings. The summed E-state index contributed by atoms with van der Waals surface area (Å²) >= 11 is 5.88. The molecule has 2 rings (SSSR count). The molecular weight excluding hydrogens is 184 g/mol. The molecule has 1 aromatic heterocycles. The lowest BCUT2D eigenvalue weighted by Crippen LogP contribution is -2.41. The van der Waals surface area contributed by atoms with Gasteiger partial charge in [-0.25, -0.2) is 0 Å². The lowest BCUT2D eigenvalue weighted by atomic mass is 9.92. The second-order valence-corrected chi connectivity index (χ2v) is 4.12. The van der Waals surface area contributed by atoms with Crippen molar-refractivity contribution in [1.82, 2.24) is 10.3 Å². The minimum atomic E-state index is 0.398. The largest absolute Gasteiger partial charge is 0.310 e. The summed E-state index contributed by atoms with van der Waals surface area (Å²) in [4.78, 5) is 3.97. The van der Waals surface area contributed by atoms with Gasteiger partial charge in [0.15, 0.2) is 0 Å². The van der Waals surface area contributed by atoms with Crippen molar-refractivity contribution in [3.63, 3.8) is 0 Å². The quantitative estimate of drug-likeness (QED) is 0.748. The second kappa shape index (κ2) is 4.07. The number of hydrogen-bond donors (Lipinski definition) is 1. The number of alkyl halides is 1. The molecule has 0 spiro atoms. The summed E-state index contributed by atoms with van der Waals surface area (Å²) in [5, 5.41) is 3.85. The van der Waals surface area contributed by atoms with Gasteiger partial charge in [-0.1, -0.05) is 0 Å². The molecule has 70 valence electrons. The maximum absolute atomic E-state index is 5.88. The molecule has 1 aliphatic rings. The van der Waals surface area contributed by atoms with Crippen LogP contribution < -0.4 is 5.32 Å². The fourth-order valence-electron chi connectivity index (χ4n) is 1.48. The predicted octanol–water partition coefficient (Wildman–Crippen LogP) is 1.94. The molecule has 0 aromatic carbocycles. The smallest absolute Gasteiger partial charge is 0.0365 e. The van der Waals surface area contributed by atoms with E-state index in [-0.39, 0.29) is 0 Å². The fourth-order valence-corrected chi connectivity index (χ4v) is 1.91. The monoisotopic (exact) mass is 196 g/mol. The summed E-state index contributed by atoms with van der Waals surface area (Å²) < 4.78 is 0. The Hall–Kier alpha value is -0.600. The maximum atomic E-state index is 5.88. The van der Waals surface area contributed by atoms with Gasteiger partial charge in [0.2, 0.25) is 0 Å². The Morgan fingerprint density at radius 3 is 2.69 bits per heavy atom. The molecule has 1 saturated carbocycles. The number of aromatic nitrogens is 1. The molecule has 0 bridgehead atoms. The second-order valence-electron chi connectivity index (χ2n) is 3.50. The average Bonchev–Trinajstić information content (AvgIpc) is 2.12. The Kier molecular flexibility index (Phi) is 2.81. The van der Waals surface area contributed by atoms with Crippen LogP contribution in [0.3, 0.4) is 0 Å². The lowest BCUT2D eigenvalue weighted by molar-refractivity contribution is 0.345. The highest BCUT2D eigenvalue weighted by Gasteiger charge is 2.26. The molecule has 13 heavy (non-hydrogen) atoms. The van der Waals surface area contributed by atoms with E-state index in [1.165, 1.54) is 5.56 Å². The van der Waals surface area contributed by atoms with Crippen molar-refractivity contribution in [2.45, 2.75) is 30.8 Å². The molecule has 3 heteroatoms. The number of nitrogens with zero attached hydrogens (tertiary/aromatic N) is 1. The van der Waals surface area contributed by atoms with Gasteiger partial charge in [-0.15, -0.1) is 11.6 Å². The van der Waals surface area contributed by atoms with Crippen LogP contribution in [0.25, 0.3) is 0 Å². The Morgan fingerprint density at radius 2 is 2.08 bits per heavy atom. The molecule has 2 nitrogen and oxygen atoms in total. The van der Waals surface area contributed by atoms with Crippen LogP contribution in [0.15, 0.2) is 24.5 Å². The molecule has 1 N–H and O–H groups in total. The Balaban J connectivity index is 1.74. The fraction of sp³-hybridized carbons (Fsp3) is 0.500. The van der Waals surface area contributed by atoms with Crippen LogP contribution in [0.4, 0.5) is 0 Å². The summed E-state index contributed by atoms with van der Waals surface area (Å²) in [6.45, 7) is 0.927. The first-order chi connectivity index (χ1) is 6.34. The highest BCUT2D eigenvalue weighted by molar-refractivity contribution is 6.21. The van der Waals surface area contributed by atoms with Gasteiger partial charge in [0.05, 0.1) is 0 Å². The van der Waals surface area contributed by atoms with Crippen molar-refractivity contribution in [1.29, 1.82) is 0 Å². The zero-order valence-corrected chi connectivity index (χ0v) is 8.17. The normalized spacial score (nSPS) is 26.8. The maximum Gasteiger partial charge on any atom is 0.0365 e. The number of halogens is 1. The van der Waals surface area contributed by atoms with Gasteiger partial charge >= 0.3 is 0 Å². The third kappa shape index (κ3) is 2.42. The van der Waals surface area contributed by atoms with Crippen molar-refractivity contribution in [2.75, 3.05) is 0 Å². The van der Waals surface area contributed by atoms with Gasteiger partial charge in [-0.2, -0.15) is 0 Å². The van der Waals surface area contributed by atoms with Crippen molar-refractivity contribution >= 4 is 11.6 Å². The number of pyridine rings is 1. The third-order valence-corrected chi connectivity index (χ3v) is 2.78. The average molecular weight is 197 g/mol. The Labute approximate surface area is 83.3 Å². The van der Waals surface area contributed by atoms with Gasteiger partial charge in [0.25, 0.3) is 0 Å². The van der Waals surface area contributed by atoms with E-state index in [0.717, 1.165) is 19.4 Å². The van der Waals surface area contributed by atoms with Crippen molar-refractivity contribution in [3.8, 4) is 0 Å².